The van der Waals surface area contributed by atoms with E-state index in [0.717, 1.165) is 10.6 Å². The molecule has 0 aliphatic rings. The van der Waals surface area contributed by atoms with Crippen LogP contribution in [0.4, 0.5) is 0 Å². The fourth-order valence-electron chi connectivity index (χ4n) is 2.02. The van der Waals surface area contributed by atoms with Crippen LogP contribution < -0.4 is 11.2 Å². The topological polar surface area (TPSA) is 99.0 Å². The van der Waals surface area contributed by atoms with Crippen molar-refractivity contribution in [3.8, 4) is 11.6 Å². The lowest BCUT2D eigenvalue weighted by molar-refractivity contribution is -0.118. The molecule has 0 spiro atoms. The Labute approximate surface area is 163 Å². The Kier molecular flexibility index (Phi) is 6.48. The van der Waals surface area contributed by atoms with Gasteiger partial charge >= 0.3 is 0 Å². The Hall–Kier alpha value is -2.10. The molecule has 7 nitrogen and oxygen atoms in total. The van der Waals surface area contributed by atoms with Crippen molar-refractivity contribution >= 4 is 41.0 Å². The average molecular weight is 410 g/mol. The highest BCUT2D eigenvalue weighted by Gasteiger charge is 2.15. The van der Waals surface area contributed by atoms with E-state index in [1.807, 2.05) is 24.3 Å². The minimum atomic E-state index is -0.0887. The summed E-state index contributed by atoms with van der Waals surface area (Å²) in [4.78, 5) is 13.1. The van der Waals surface area contributed by atoms with Crippen molar-refractivity contribution in [3.63, 3.8) is 0 Å². The standard InChI is InChI=1S/C16H16ClN5O2S2/c17-11-3-5-12(6-4-11)25-9-7-19-14(23)10-26-16-21-20-15(22(16)18)13-2-1-8-24-13/h1-6,8H,7,9-10,18H2,(H,19,23). The Balaban J connectivity index is 1.40. The van der Waals surface area contributed by atoms with E-state index in [9.17, 15) is 4.79 Å². The number of aromatic nitrogens is 3. The number of thioether (sulfide) groups is 2. The molecule has 3 rings (SSSR count). The van der Waals surface area contributed by atoms with Gasteiger partial charge in [-0.1, -0.05) is 23.4 Å². The summed E-state index contributed by atoms with van der Waals surface area (Å²) in [7, 11) is 0. The SMILES string of the molecule is Nn1c(SCC(=O)NCCSc2ccc(Cl)cc2)nnc1-c1ccco1. The summed E-state index contributed by atoms with van der Waals surface area (Å²) in [5.41, 5.74) is 0. The highest BCUT2D eigenvalue weighted by atomic mass is 35.5. The molecule has 2 heterocycles. The van der Waals surface area contributed by atoms with Gasteiger partial charge in [0.05, 0.1) is 12.0 Å². The number of rotatable bonds is 8. The third kappa shape index (κ3) is 4.96. The molecule has 0 fully saturated rings. The van der Waals surface area contributed by atoms with E-state index in [0.29, 0.717) is 28.3 Å². The molecule has 26 heavy (non-hydrogen) atoms. The van der Waals surface area contributed by atoms with Crippen molar-refractivity contribution in [3.05, 3.63) is 47.7 Å². The van der Waals surface area contributed by atoms with Crippen molar-refractivity contribution in [2.24, 2.45) is 0 Å². The zero-order chi connectivity index (χ0) is 18.4. The van der Waals surface area contributed by atoms with E-state index in [1.165, 1.54) is 22.7 Å². The second kappa shape index (κ2) is 9.02. The summed E-state index contributed by atoms with van der Waals surface area (Å²) >= 11 is 8.72. The maximum atomic E-state index is 11.9. The lowest BCUT2D eigenvalue weighted by atomic mass is 10.4. The number of nitrogen functional groups attached to an aromatic ring is 1. The molecular formula is C16H16ClN5O2S2. The Morgan fingerprint density at radius 1 is 1.23 bits per heavy atom. The zero-order valence-electron chi connectivity index (χ0n) is 13.6. The number of nitrogens with one attached hydrogen (secondary N) is 1. The number of carbonyl (C=O) groups is 1. The van der Waals surface area contributed by atoms with E-state index in [-0.39, 0.29) is 11.7 Å². The van der Waals surface area contributed by atoms with Gasteiger partial charge in [-0.25, -0.2) is 4.68 Å². The molecule has 0 atom stereocenters. The summed E-state index contributed by atoms with van der Waals surface area (Å²) in [6, 6.07) is 11.1. The number of carbonyl (C=O) groups excluding carboxylic acids is 1. The molecule has 0 saturated carbocycles. The predicted octanol–water partition coefficient (Wildman–Crippen LogP) is 2.91. The van der Waals surface area contributed by atoms with Gasteiger partial charge in [0.1, 0.15) is 0 Å². The molecule has 136 valence electrons. The number of furan rings is 1. The molecule has 3 aromatic rings. The molecular weight excluding hydrogens is 394 g/mol. The number of amides is 1. The van der Waals surface area contributed by atoms with Gasteiger partial charge in [0.15, 0.2) is 5.76 Å². The monoisotopic (exact) mass is 409 g/mol. The van der Waals surface area contributed by atoms with Crippen LogP contribution in [-0.4, -0.2) is 38.8 Å². The van der Waals surface area contributed by atoms with Crippen molar-refractivity contribution in [2.75, 3.05) is 23.9 Å². The molecule has 1 aromatic carbocycles. The first-order valence-corrected chi connectivity index (χ1v) is 10.0. The number of halogens is 1. The normalized spacial score (nSPS) is 10.8. The predicted molar refractivity (Wildman–Crippen MR) is 104 cm³/mol. The fraction of sp³-hybridized carbons (Fsp3) is 0.188. The van der Waals surface area contributed by atoms with Crippen LogP contribution in [0.15, 0.2) is 57.1 Å². The minimum absolute atomic E-state index is 0.0887. The van der Waals surface area contributed by atoms with Crippen molar-refractivity contribution in [1.29, 1.82) is 0 Å². The van der Waals surface area contributed by atoms with Crippen LogP contribution in [0.1, 0.15) is 0 Å². The number of nitrogens with zero attached hydrogens (tertiary/aromatic N) is 3. The highest BCUT2D eigenvalue weighted by molar-refractivity contribution is 7.99. The van der Waals surface area contributed by atoms with Crippen LogP contribution >= 0.6 is 35.1 Å². The second-order valence-electron chi connectivity index (χ2n) is 5.09. The van der Waals surface area contributed by atoms with Crippen LogP contribution in [0.2, 0.25) is 5.02 Å². The molecule has 3 N–H and O–H groups in total. The quantitative estimate of drug-likeness (QED) is 0.335. The van der Waals surface area contributed by atoms with Gasteiger partial charge in [0.2, 0.25) is 16.9 Å². The molecule has 2 aromatic heterocycles. The second-order valence-corrected chi connectivity index (χ2v) is 7.64. The van der Waals surface area contributed by atoms with Gasteiger partial charge in [-0.2, -0.15) is 0 Å². The average Bonchev–Trinajstić information content (AvgIpc) is 3.28. The molecule has 0 saturated heterocycles. The summed E-state index contributed by atoms with van der Waals surface area (Å²) in [5, 5.41) is 12.0. The summed E-state index contributed by atoms with van der Waals surface area (Å²) < 4.78 is 6.56. The molecule has 1 amide bonds. The van der Waals surface area contributed by atoms with Crippen LogP contribution in [0.5, 0.6) is 0 Å². The smallest absolute Gasteiger partial charge is 0.230 e. The van der Waals surface area contributed by atoms with Crippen LogP contribution in [0, 0.1) is 0 Å². The van der Waals surface area contributed by atoms with Crippen molar-refractivity contribution in [2.45, 2.75) is 10.1 Å². The van der Waals surface area contributed by atoms with E-state index in [4.69, 9.17) is 21.9 Å². The number of hydrogen-bond acceptors (Lipinski definition) is 7. The van der Waals surface area contributed by atoms with E-state index in [2.05, 4.69) is 15.5 Å². The first-order chi connectivity index (χ1) is 12.6. The van der Waals surface area contributed by atoms with Crippen molar-refractivity contribution in [1.82, 2.24) is 20.2 Å². The van der Waals surface area contributed by atoms with Crippen LogP contribution in [0.3, 0.4) is 0 Å². The molecule has 0 radical (unpaired) electrons. The van der Waals surface area contributed by atoms with Gasteiger partial charge in [0, 0.05) is 22.2 Å². The fourth-order valence-corrected chi connectivity index (χ4v) is 3.60. The number of hydrogen-bond donors (Lipinski definition) is 2. The van der Waals surface area contributed by atoms with Crippen LogP contribution in [-0.2, 0) is 4.79 Å². The van der Waals surface area contributed by atoms with E-state index in [1.54, 1.807) is 23.9 Å². The van der Waals surface area contributed by atoms with Gasteiger partial charge < -0.3 is 15.6 Å². The molecule has 0 bridgehead atoms. The summed E-state index contributed by atoms with van der Waals surface area (Å²) in [6.45, 7) is 0.569. The third-order valence-corrected chi connectivity index (χ3v) is 5.45. The molecule has 10 heteroatoms. The first kappa shape index (κ1) is 18.7. The van der Waals surface area contributed by atoms with E-state index < -0.39 is 0 Å². The lowest BCUT2D eigenvalue weighted by Gasteiger charge is -2.05. The van der Waals surface area contributed by atoms with Gasteiger partial charge in [-0.3, -0.25) is 4.79 Å². The Bertz CT molecular complexity index is 852. The maximum Gasteiger partial charge on any atom is 0.230 e. The summed E-state index contributed by atoms with van der Waals surface area (Å²) in [6.07, 6.45) is 1.53. The van der Waals surface area contributed by atoms with Crippen molar-refractivity contribution < 1.29 is 9.21 Å². The molecule has 0 aliphatic carbocycles. The minimum Gasteiger partial charge on any atom is -0.461 e. The van der Waals surface area contributed by atoms with Crippen LogP contribution in [0.25, 0.3) is 11.6 Å². The number of nitrogens with two attached hydrogens (primary N) is 1. The first-order valence-electron chi connectivity index (χ1n) is 7.65. The summed E-state index contributed by atoms with van der Waals surface area (Å²) in [5.74, 6) is 7.77. The van der Waals surface area contributed by atoms with Gasteiger partial charge in [-0.05, 0) is 36.4 Å². The largest absolute Gasteiger partial charge is 0.461 e. The van der Waals surface area contributed by atoms with E-state index >= 15 is 0 Å². The maximum absolute atomic E-state index is 11.9. The van der Waals surface area contributed by atoms with Gasteiger partial charge in [0.25, 0.3) is 0 Å². The highest BCUT2D eigenvalue weighted by Crippen LogP contribution is 2.22. The van der Waals surface area contributed by atoms with Gasteiger partial charge in [-0.15, -0.1) is 22.0 Å². The zero-order valence-corrected chi connectivity index (χ0v) is 16.0. The molecule has 0 aliphatic heterocycles. The molecule has 0 unspecified atom stereocenters. The lowest BCUT2D eigenvalue weighted by Crippen LogP contribution is -2.27. The Morgan fingerprint density at radius 3 is 2.77 bits per heavy atom. The Morgan fingerprint density at radius 2 is 2.04 bits per heavy atom. The third-order valence-electron chi connectivity index (χ3n) is 3.25. The number of benzene rings is 1.